The second kappa shape index (κ2) is 6.61. The number of imidazole rings is 1. The van der Waals surface area contributed by atoms with Gasteiger partial charge in [0, 0.05) is 6.42 Å². The maximum Gasteiger partial charge on any atom is 0.141 e. The molecule has 4 nitrogen and oxygen atoms in total. The Kier molecular flexibility index (Phi) is 4.84. The normalized spacial score (nSPS) is 12.8. The number of H-pyrrole nitrogens is 1. The fraction of sp³-hybridized carbons (Fsp3) is 0.467. The summed E-state index contributed by atoms with van der Waals surface area (Å²) >= 11 is 0. The maximum atomic E-state index is 12.8. The molecule has 0 amide bonds. The van der Waals surface area contributed by atoms with E-state index in [1.165, 1.54) is 12.3 Å². The van der Waals surface area contributed by atoms with E-state index in [4.69, 9.17) is 5.73 Å². The maximum absolute atomic E-state index is 12.8. The van der Waals surface area contributed by atoms with Crippen LogP contribution in [0.15, 0.2) is 24.5 Å². The Hall–Kier alpha value is -1.75. The van der Waals surface area contributed by atoms with Crippen molar-refractivity contribution in [1.82, 2.24) is 15.0 Å². The molecule has 0 fully saturated rings. The van der Waals surface area contributed by atoms with Crippen LogP contribution in [0.3, 0.4) is 0 Å². The molecule has 2 heterocycles. The van der Waals surface area contributed by atoms with E-state index in [-0.39, 0.29) is 5.82 Å². The fourth-order valence-electron chi connectivity index (χ4n) is 2.33. The summed E-state index contributed by atoms with van der Waals surface area (Å²) in [6, 6.07) is 3.03. The molecule has 0 spiro atoms. The second-order valence-electron chi connectivity index (χ2n) is 5.54. The van der Waals surface area contributed by atoms with Gasteiger partial charge >= 0.3 is 0 Å². The standard InChI is InChI=1S/C15H21FN4/c1-10(2)5-11(7-17)6-15-19-9-14(20-15)13-4-3-12(16)8-18-13/h3-4,8-11H,5-7,17H2,1-2H3,(H,19,20). The summed E-state index contributed by atoms with van der Waals surface area (Å²) in [7, 11) is 0. The van der Waals surface area contributed by atoms with Crippen molar-refractivity contribution in [1.29, 1.82) is 0 Å². The lowest BCUT2D eigenvalue weighted by Gasteiger charge is -2.15. The highest BCUT2D eigenvalue weighted by atomic mass is 19.1. The molecule has 108 valence electrons. The summed E-state index contributed by atoms with van der Waals surface area (Å²) in [6.07, 6.45) is 4.85. The Bertz CT molecular complexity index is 533. The molecule has 0 saturated carbocycles. The van der Waals surface area contributed by atoms with Crippen molar-refractivity contribution < 1.29 is 4.39 Å². The number of aromatic nitrogens is 3. The van der Waals surface area contributed by atoms with E-state index in [9.17, 15) is 4.39 Å². The van der Waals surface area contributed by atoms with E-state index >= 15 is 0 Å². The van der Waals surface area contributed by atoms with E-state index < -0.39 is 0 Å². The molecular formula is C15H21FN4. The largest absolute Gasteiger partial charge is 0.341 e. The molecule has 0 saturated heterocycles. The average molecular weight is 276 g/mol. The predicted molar refractivity (Wildman–Crippen MR) is 77.5 cm³/mol. The van der Waals surface area contributed by atoms with Crippen LogP contribution in [0.5, 0.6) is 0 Å². The highest BCUT2D eigenvalue weighted by Gasteiger charge is 2.13. The first-order valence-corrected chi connectivity index (χ1v) is 6.94. The molecule has 0 aliphatic heterocycles. The zero-order valence-corrected chi connectivity index (χ0v) is 11.9. The van der Waals surface area contributed by atoms with Crippen LogP contribution in [-0.4, -0.2) is 21.5 Å². The van der Waals surface area contributed by atoms with Gasteiger partial charge in [-0.2, -0.15) is 0 Å². The molecule has 0 aromatic carbocycles. The van der Waals surface area contributed by atoms with Crippen molar-refractivity contribution in [3.8, 4) is 11.4 Å². The minimum atomic E-state index is -0.339. The summed E-state index contributed by atoms with van der Waals surface area (Å²) in [4.78, 5) is 11.6. The summed E-state index contributed by atoms with van der Waals surface area (Å²) in [5.74, 6) is 1.61. The van der Waals surface area contributed by atoms with E-state index in [1.54, 1.807) is 12.3 Å². The van der Waals surface area contributed by atoms with Gasteiger partial charge in [0.2, 0.25) is 0 Å². The number of hydrogen-bond donors (Lipinski definition) is 2. The van der Waals surface area contributed by atoms with Gasteiger partial charge in [-0.25, -0.2) is 9.37 Å². The van der Waals surface area contributed by atoms with Gasteiger partial charge in [0.05, 0.1) is 23.8 Å². The van der Waals surface area contributed by atoms with Gasteiger partial charge in [0.25, 0.3) is 0 Å². The van der Waals surface area contributed by atoms with Crippen LogP contribution >= 0.6 is 0 Å². The van der Waals surface area contributed by atoms with Crippen LogP contribution in [0.1, 0.15) is 26.1 Å². The van der Waals surface area contributed by atoms with E-state index in [2.05, 4.69) is 28.8 Å². The smallest absolute Gasteiger partial charge is 0.141 e. The quantitative estimate of drug-likeness (QED) is 0.852. The number of nitrogens with one attached hydrogen (secondary N) is 1. The number of aromatic amines is 1. The zero-order chi connectivity index (χ0) is 14.5. The molecule has 2 aromatic rings. The molecule has 2 rings (SSSR count). The van der Waals surface area contributed by atoms with Gasteiger partial charge in [0.15, 0.2) is 0 Å². The van der Waals surface area contributed by atoms with E-state index in [1.807, 2.05) is 0 Å². The molecule has 1 unspecified atom stereocenters. The third-order valence-electron chi connectivity index (χ3n) is 3.25. The topological polar surface area (TPSA) is 67.6 Å². The number of nitrogens with two attached hydrogens (primary N) is 1. The number of rotatable bonds is 6. The average Bonchev–Trinajstić information content (AvgIpc) is 2.87. The predicted octanol–water partition coefficient (Wildman–Crippen LogP) is 2.77. The molecule has 20 heavy (non-hydrogen) atoms. The Morgan fingerprint density at radius 3 is 2.65 bits per heavy atom. The van der Waals surface area contributed by atoms with Crippen molar-refractivity contribution in [2.24, 2.45) is 17.6 Å². The Labute approximate surface area is 118 Å². The van der Waals surface area contributed by atoms with Crippen molar-refractivity contribution in [2.45, 2.75) is 26.7 Å². The van der Waals surface area contributed by atoms with Crippen LogP contribution in [0, 0.1) is 17.7 Å². The summed E-state index contributed by atoms with van der Waals surface area (Å²) in [6.45, 7) is 5.04. The van der Waals surface area contributed by atoms with Crippen LogP contribution < -0.4 is 5.73 Å². The first-order valence-electron chi connectivity index (χ1n) is 6.94. The lowest BCUT2D eigenvalue weighted by atomic mass is 9.94. The molecule has 3 N–H and O–H groups in total. The SMILES string of the molecule is CC(C)CC(CN)Cc1ncc(-c2ccc(F)cn2)[nH]1. The van der Waals surface area contributed by atoms with Crippen molar-refractivity contribution in [3.63, 3.8) is 0 Å². The highest BCUT2D eigenvalue weighted by Crippen LogP contribution is 2.18. The lowest BCUT2D eigenvalue weighted by molar-refractivity contribution is 0.409. The number of nitrogens with zero attached hydrogens (tertiary/aromatic N) is 2. The zero-order valence-electron chi connectivity index (χ0n) is 11.9. The summed E-state index contributed by atoms with van der Waals surface area (Å²) in [5.41, 5.74) is 7.31. The van der Waals surface area contributed by atoms with Crippen LogP contribution in [-0.2, 0) is 6.42 Å². The van der Waals surface area contributed by atoms with E-state index in [0.29, 0.717) is 24.1 Å². The first kappa shape index (κ1) is 14.7. The Morgan fingerprint density at radius 2 is 2.05 bits per heavy atom. The highest BCUT2D eigenvalue weighted by molar-refractivity contribution is 5.52. The van der Waals surface area contributed by atoms with Crippen LogP contribution in [0.4, 0.5) is 4.39 Å². The first-order chi connectivity index (χ1) is 9.58. The minimum Gasteiger partial charge on any atom is -0.341 e. The van der Waals surface area contributed by atoms with Gasteiger partial charge in [0.1, 0.15) is 11.6 Å². The third-order valence-corrected chi connectivity index (χ3v) is 3.25. The molecule has 0 bridgehead atoms. The molecule has 0 aliphatic carbocycles. The van der Waals surface area contributed by atoms with Crippen molar-refractivity contribution >= 4 is 0 Å². The monoisotopic (exact) mass is 276 g/mol. The lowest BCUT2D eigenvalue weighted by Crippen LogP contribution is -2.19. The van der Waals surface area contributed by atoms with E-state index in [0.717, 1.165) is 24.4 Å². The number of halogens is 1. The van der Waals surface area contributed by atoms with Crippen LogP contribution in [0.25, 0.3) is 11.4 Å². The molecule has 5 heteroatoms. The molecule has 0 aliphatic rings. The minimum absolute atomic E-state index is 0.339. The van der Waals surface area contributed by atoms with Gasteiger partial charge in [-0.3, -0.25) is 4.98 Å². The number of pyridine rings is 1. The second-order valence-corrected chi connectivity index (χ2v) is 5.54. The van der Waals surface area contributed by atoms with Crippen molar-refractivity contribution in [2.75, 3.05) is 6.54 Å². The molecule has 2 aromatic heterocycles. The molecular weight excluding hydrogens is 255 g/mol. The number of hydrogen-bond acceptors (Lipinski definition) is 3. The van der Waals surface area contributed by atoms with Crippen molar-refractivity contribution in [3.05, 3.63) is 36.2 Å². The fourth-order valence-corrected chi connectivity index (χ4v) is 2.33. The Morgan fingerprint density at radius 1 is 1.25 bits per heavy atom. The molecule has 0 radical (unpaired) electrons. The van der Waals surface area contributed by atoms with Gasteiger partial charge in [-0.05, 0) is 36.9 Å². The van der Waals surface area contributed by atoms with Gasteiger partial charge in [-0.15, -0.1) is 0 Å². The summed E-state index contributed by atoms with van der Waals surface area (Å²) in [5, 5.41) is 0. The van der Waals surface area contributed by atoms with Gasteiger partial charge < -0.3 is 10.7 Å². The third kappa shape index (κ3) is 3.87. The van der Waals surface area contributed by atoms with Gasteiger partial charge in [-0.1, -0.05) is 13.8 Å². The summed E-state index contributed by atoms with van der Waals surface area (Å²) < 4.78 is 12.8. The van der Waals surface area contributed by atoms with Crippen LogP contribution in [0.2, 0.25) is 0 Å². The molecule has 1 atom stereocenters. The Balaban J connectivity index is 2.06.